The van der Waals surface area contributed by atoms with Crippen LogP contribution in [0.4, 0.5) is 0 Å². The second kappa shape index (κ2) is 2.94. The molecule has 0 aromatic rings. The van der Waals surface area contributed by atoms with Crippen LogP contribution in [-0.2, 0) is 4.79 Å². The van der Waals surface area contributed by atoms with Gasteiger partial charge in [0.25, 0.3) is 0 Å². The molecule has 2 aliphatic rings. The van der Waals surface area contributed by atoms with Crippen LogP contribution in [0, 0.1) is 5.92 Å². The number of rotatable bonds is 1. The summed E-state index contributed by atoms with van der Waals surface area (Å²) < 4.78 is 0. The Hall–Kier alpha value is -0.770. The van der Waals surface area contributed by atoms with Crippen molar-refractivity contribution in [2.24, 2.45) is 16.6 Å². The number of carbonyl (C=O) groups excluding carboxylic acids is 1. The second-order valence-corrected chi connectivity index (χ2v) is 4.00. The minimum Gasteiger partial charge on any atom is -0.369 e. The van der Waals surface area contributed by atoms with Crippen LogP contribution in [0.2, 0.25) is 0 Å². The summed E-state index contributed by atoms with van der Waals surface area (Å²) in [4.78, 5) is 16.3. The van der Waals surface area contributed by atoms with Gasteiger partial charge in [-0.05, 0) is 12.0 Å². The van der Waals surface area contributed by atoms with Gasteiger partial charge in [-0.15, -0.1) is 11.8 Å². The Morgan fingerprint density at radius 3 is 3.33 bits per heavy atom. The number of hydrogen-bond acceptors (Lipinski definition) is 3. The number of aliphatic imine (C=N–C) groups is 1. The summed E-state index contributed by atoms with van der Waals surface area (Å²) in [7, 11) is 0. The zero-order chi connectivity index (χ0) is 8.55. The van der Waals surface area contributed by atoms with Crippen molar-refractivity contribution in [1.82, 2.24) is 0 Å². The van der Waals surface area contributed by atoms with E-state index in [0.717, 1.165) is 18.7 Å². The first-order chi connectivity index (χ1) is 5.79. The molecule has 4 heteroatoms. The van der Waals surface area contributed by atoms with Crippen LogP contribution in [-0.4, -0.2) is 24.4 Å². The minimum atomic E-state index is -0.192. The summed E-state index contributed by atoms with van der Waals surface area (Å²) in [5, 5.41) is 0. The molecule has 0 aliphatic carbocycles. The van der Waals surface area contributed by atoms with Gasteiger partial charge in [0.05, 0.1) is 5.92 Å². The lowest BCUT2D eigenvalue weighted by molar-refractivity contribution is -0.120. The molecule has 2 rings (SSSR count). The molecular weight excluding hydrogens is 172 g/mol. The number of nitrogens with two attached hydrogens (primary N) is 1. The molecule has 1 amide bonds. The van der Waals surface area contributed by atoms with E-state index in [4.69, 9.17) is 5.73 Å². The third kappa shape index (κ3) is 1.16. The van der Waals surface area contributed by atoms with Crippen LogP contribution in [0.3, 0.4) is 0 Å². The number of carbonyl (C=O) groups is 1. The van der Waals surface area contributed by atoms with E-state index in [1.807, 2.05) is 6.21 Å². The SMILES string of the molecule is NC(=O)C1CSC2=C1CCN=C2. The fraction of sp³-hybridized carbons (Fsp3) is 0.500. The molecule has 2 heterocycles. The first-order valence-corrected chi connectivity index (χ1v) is 4.92. The number of thioether (sulfide) groups is 1. The molecule has 0 aromatic carbocycles. The molecule has 0 aromatic heterocycles. The molecule has 0 bridgehead atoms. The molecular formula is C8H10N2OS. The molecule has 12 heavy (non-hydrogen) atoms. The maximum Gasteiger partial charge on any atom is 0.225 e. The van der Waals surface area contributed by atoms with E-state index in [0.29, 0.717) is 0 Å². The number of primary amides is 1. The van der Waals surface area contributed by atoms with Gasteiger partial charge in [0.2, 0.25) is 5.91 Å². The third-order valence-corrected chi connectivity index (χ3v) is 3.38. The lowest BCUT2D eigenvalue weighted by Gasteiger charge is -2.11. The van der Waals surface area contributed by atoms with Crippen molar-refractivity contribution >= 4 is 23.9 Å². The smallest absolute Gasteiger partial charge is 0.225 e. The Morgan fingerprint density at radius 1 is 1.75 bits per heavy atom. The summed E-state index contributed by atoms with van der Waals surface area (Å²) in [5.74, 6) is 0.589. The predicted molar refractivity (Wildman–Crippen MR) is 50.1 cm³/mol. The summed E-state index contributed by atoms with van der Waals surface area (Å²) in [6.45, 7) is 0.809. The highest BCUT2D eigenvalue weighted by Crippen LogP contribution is 2.37. The van der Waals surface area contributed by atoms with E-state index >= 15 is 0 Å². The lowest BCUT2D eigenvalue weighted by atomic mass is 9.96. The van der Waals surface area contributed by atoms with Gasteiger partial charge in [-0.2, -0.15) is 0 Å². The standard InChI is InChI=1S/C8H10N2OS/c9-8(11)6-4-12-7-3-10-2-1-5(6)7/h3,6H,1-2,4H2,(H2,9,11). The Bertz CT molecular complexity index is 283. The predicted octanol–water partition coefficient (Wildman–Crippen LogP) is 0.563. The van der Waals surface area contributed by atoms with Gasteiger partial charge in [-0.3, -0.25) is 9.79 Å². The Morgan fingerprint density at radius 2 is 2.58 bits per heavy atom. The molecule has 0 saturated heterocycles. The van der Waals surface area contributed by atoms with Crippen molar-refractivity contribution < 1.29 is 4.79 Å². The van der Waals surface area contributed by atoms with Gasteiger partial charge in [0.15, 0.2) is 0 Å². The first kappa shape index (κ1) is 7.86. The molecule has 2 aliphatic heterocycles. The van der Waals surface area contributed by atoms with Crippen LogP contribution >= 0.6 is 11.8 Å². The molecule has 1 unspecified atom stereocenters. The normalized spacial score (nSPS) is 27.5. The molecule has 0 spiro atoms. The Labute approximate surface area is 75.1 Å². The number of allylic oxidation sites excluding steroid dienone is 1. The van der Waals surface area contributed by atoms with E-state index < -0.39 is 0 Å². The van der Waals surface area contributed by atoms with E-state index in [9.17, 15) is 4.79 Å². The monoisotopic (exact) mass is 182 g/mol. The zero-order valence-corrected chi connectivity index (χ0v) is 7.43. The van der Waals surface area contributed by atoms with Crippen molar-refractivity contribution in [2.75, 3.05) is 12.3 Å². The highest BCUT2D eigenvalue weighted by molar-refractivity contribution is 8.04. The van der Waals surface area contributed by atoms with E-state index in [2.05, 4.69) is 4.99 Å². The van der Waals surface area contributed by atoms with Crippen molar-refractivity contribution in [3.8, 4) is 0 Å². The maximum atomic E-state index is 11.0. The van der Waals surface area contributed by atoms with Crippen LogP contribution in [0.15, 0.2) is 15.5 Å². The summed E-state index contributed by atoms with van der Waals surface area (Å²) in [5.41, 5.74) is 6.48. The largest absolute Gasteiger partial charge is 0.369 e. The quantitative estimate of drug-likeness (QED) is 0.644. The fourth-order valence-corrected chi connectivity index (χ4v) is 2.83. The Balaban J connectivity index is 2.27. The summed E-state index contributed by atoms with van der Waals surface area (Å²) >= 11 is 1.69. The number of hydrogen-bond donors (Lipinski definition) is 1. The molecule has 3 nitrogen and oxygen atoms in total. The average molecular weight is 182 g/mol. The van der Waals surface area contributed by atoms with Gasteiger partial charge in [0, 0.05) is 23.4 Å². The molecule has 0 fully saturated rings. The van der Waals surface area contributed by atoms with Crippen molar-refractivity contribution in [2.45, 2.75) is 6.42 Å². The number of nitrogens with zero attached hydrogens (tertiary/aromatic N) is 1. The lowest BCUT2D eigenvalue weighted by Crippen LogP contribution is -2.25. The minimum absolute atomic E-state index is 0.0308. The van der Waals surface area contributed by atoms with Crippen molar-refractivity contribution in [3.05, 3.63) is 10.5 Å². The summed E-state index contributed by atoms with van der Waals surface area (Å²) in [6.07, 6.45) is 2.78. The van der Waals surface area contributed by atoms with Gasteiger partial charge in [0.1, 0.15) is 0 Å². The highest BCUT2D eigenvalue weighted by atomic mass is 32.2. The maximum absolute atomic E-state index is 11.0. The van der Waals surface area contributed by atoms with Crippen molar-refractivity contribution in [1.29, 1.82) is 0 Å². The third-order valence-electron chi connectivity index (χ3n) is 2.20. The molecule has 0 radical (unpaired) electrons. The molecule has 0 saturated carbocycles. The highest BCUT2D eigenvalue weighted by Gasteiger charge is 2.30. The van der Waals surface area contributed by atoms with Crippen LogP contribution in [0.25, 0.3) is 0 Å². The van der Waals surface area contributed by atoms with Crippen LogP contribution in [0.5, 0.6) is 0 Å². The van der Waals surface area contributed by atoms with Gasteiger partial charge in [-0.25, -0.2) is 0 Å². The van der Waals surface area contributed by atoms with Crippen molar-refractivity contribution in [3.63, 3.8) is 0 Å². The number of dihydropyridines is 1. The van der Waals surface area contributed by atoms with E-state index in [1.165, 1.54) is 10.5 Å². The zero-order valence-electron chi connectivity index (χ0n) is 6.62. The molecule has 64 valence electrons. The number of amides is 1. The van der Waals surface area contributed by atoms with Gasteiger partial charge in [-0.1, -0.05) is 0 Å². The second-order valence-electron chi connectivity index (χ2n) is 2.94. The summed E-state index contributed by atoms with van der Waals surface area (Å²) in [6, 6.07) is 0. The average Bonchev–Trinajstić information content (AvgIpc) is 2.47. The van der Waals surface area contributed by atoms with E-state index in [-0.39, 0.29) is 11.8 Å². The first-order valence-electron chi connectivity index (χ1n) is 3.94. The fourth-order valence-electron chi connectivity index (χ4n) is 1.54. The van der Waals surface area contributed by atoms with Gasteiger partial charge >= 0.3 is 0 Å². The van der Waals surface area contributed by atoms with Gasteiger partial charge < -0.3 is 5.73 Å². The Kier molecular flexibility index (Phi) is 1.92. The van der Waals surface area contributed by atoms with E-state index in [1.54, 1.807) is 11.8 Å². The molecule has 1 atom stereocenters. The molecule has 2 N–H and O–H groups in total. The topological polar surface area (TPSA) is 55.5 Å². The van der Waals surface area contributed by atoms with Crippen LogP contribution in [0.1, 0.15) is 6.42 Å². The van der Waals surface area contributed by atoms with Crippen LogP contribution < -0.4 is 5.73 Å².